The zero-order chi connectivity index (χ0) is 19.3. The van der Waals surface area contributed by atoms with Gasteiger partial charge in [0.15, 0.2) is 5.96 Å². The molecule has 5 N–H and O–H groups in total. The Hall–Kier alpha value is -3.54. The minimum absolute atomic E-state index is 0.0480. The summed E-state index contributed by atoms with van der Waals surface area (Å²) in [5.41, 5.74) is 11.7. The van der Waals surface area contributed by atoms with Crippen molar-refractivity contribution in [3.63, 3.8) is 0 Å². The molecule has 9 nitrogen and oxygen atoms in total. The van der Waals surface area contributed by atoms with Gasteiger partial charge < -0.3 is 26.4 Å². The molecule has 0 unspecified atom stereocenters. The number of fused-ring (bicyclic) bond motifs is 1. The Morgan fingerprint density at radius 3 is 2.73 bits per heavy atom. The number of aliphatic imine (C=N–C) groups is 1. The van der Waals surface area contributed by atoms with Crippen LogP contribution >= 0.6 is 0 Å². The molecular weight excluding hydrogens is 338 g/mol. The number of hydrogen-bond acceptors (Lipinski definition) is 4. The Morgan fingerprint density at radius 1 is 1.35 bits per heavy atom. The second-order valence-corrected chi connectivity index (χ2v) is 5.60. The van der Waals surface area contributed by atoms with Crippen LogP contribution in [0.1, 0.15) is 22.3 Å². The molecule has 1 aliphatic rings. The fraction of sp³-hybridized carbons (Fsp3) is 0.294. The smallest absolute Gasteiger partial charge is 0.305 e. The third-order valence-electron chi connectivity index (χ3n) is 3.74. The van der Waals surface area contributed by atoms with Crippen molar-refractivity contribution in [2.24, 2.45) is 16.5 Å². The molecule has 1 aromatic rings. The molecule has 0 fully saturated rings. The summed E-state index contributed by atoms with van der Waals surface area (Å²) in [7, 11) is 1.57. The Balaban J connectivity index is 2.34. The van der Waals surface area contributed by atoms with Gasteiger partial charge in [0, 0.05) is 19.2 Å². The van der Waals surface area contributed by atoms with Crippen LogP contribution in [0.3, 0.4) is 0 Å². The number of hydrogen-bond donors (Lipinski definition) is 3. The van der Waals surface area contributed by atoms with E-state index in [9.17, 15) is 14.4 Å². The van der Waals surface area contributed by atoms with Gasteiger partial charge in [0.25, 0.3) is 5.91 Å². The zero-order valence-electron chi connectivity index (χ0n) is 14.2. The number of anilines is 1. The maximum Gasteiger partial charge on any atom is 0.305 e. The topological polar surface area (TPSA) is 142 Å². The predicted molar refractivity (Wildman–Crippen MR) is 95.6 cm³/mol. The molecule has 26 heavy (non-hydrogen) atoms. The lowest BCUT2D eigenvalue weighted by Gasteiger charge is -2.18. The fourth-order valence-electron chi connectivity index (χ4n) is 2.41. The summed E-state index contributed by atoms with van der Waals surface area (Å²) in [4.78, 5) is 42.2. The molecule has 136 valence electrons. The molecule has 0 saturated carbocycles. The maximum absolute atomic E-state index is 12.8. The lowest BCUT2D eigenvalue weighted by Crippen LogP contribution is -2.38. The molecule has 0 aliphatic carbocycles. The SMILES string of the molecule is CN1C(=O)CN(CCC(=O)O)C(=O)c2cc(C#CCN=C(N)N)ccc21. The molecule has 1 aromatic carbocycles. The van der Waals surface area contributed by atoms with Crippen LogP contribution in [-0.4, -0.2) is 60.4 Å². The van der Waals surface area contributed by atoms with Gasteiger partial charge in [0.05, 0.1) is 17.7 Å². The Morgan fingerprint density at radius 2 is 2.08 bits per heavy atom. The number of carboxylic acid groups (broad SMARTS) is 1. The van der Waals surface area contributed by atoms with Crippen molar-refractivity contribution in [1.82, 2.24) is 4.90 Å². The van der Waals surface area contributed by atoms with Crippen molar-refractivity contribution in [2.45, 2.75) is 6.42 Å². The Kier molecular flexibility index (Phi) is 5.80. The van der Waals surface area contributed by atoms with Gasteiger partial charge in [-0.05, 0) is 18.2 Å². The predicted octanol–water partition coefficient (Wildman–Crippen LogP) is -0.795. The molecule has 0 saturated heterocycles. The number of guanidine groups is 1. The summed E-state index contributed by atoms with van der Waals surface area (Å²) >= 11 is 0. The van der Waals surface area contributed by atoms with Crippen LogP contribution in [0.15, 0.2) is 23.2 Å². The van der Waals surface area contributed by atoms with Crippen LogP contribution in [0.4, 0.5) is 5.69 Å². The first kappa shape index (κ1) is 18.8. The van der Waals surface area contributed by atoms with Crippen molar-refractivity contribution in [1.29, 1.82) is 0 Å². The highest BCUT2D eigenvalue weighted by Gasteiger charge is 2.29. The first-order chi connectivity index (χ1) is 12.3. The quantitative estimate of drug-likeness (QED) is 0.366. The number of likely N-dealkylation sites (N-methyl/N-ethyl adjacent to an activating group) is 1. The summed E-state index contributed by atoms with van der Waals surface area (Å²) in [6.45, 7) is -0.104. The number of nitrogens with zero attached hydrogens (tertiary/aromatic N) is 3. The number of carbonyl (C=O) groups excluding carboxylic acids is 2. The summed E-state index contributed by atoms with van der Waals surface area (Å²) in [6, 6.07) is 4.89. The van der Waals surface area contributed by atoms with E-state index in [2.05, 4.69) is 16.8 Å². The molecular formula is C17H19N5O4. The first-order valence-corrected chi connectivity index (χ1v) is 7.75. The molecule has 1 aliphatic heterocycles. The van der Waals surface area contributed by atoms with E-state index in [1.807, 2.05) is 0 Å². The summed E-state index contributed by atoms with van der Waals surface area (Å²) in [6.07, 6.45) is -0.240. The molecule has 0 aromatic heterocycles. The van der Waals surface area contributed by atoms with Gasteiger partial charge in [0.2, 0.25) is 5.91 Å². The van der Waals surface area contributed by atoms with Gasteiger partial charge in [-0.1, -0.05) is 11.8 Å². The van der Waals surface area contributed by atoms with Crippen molar-refractivity contribution < 1.29 is 19.5 Å². The van der Waals surface area contributed by atoms with Crippen molar-refractivity contribution >= 4 is 29.4 Å². The normalized spacial score (nSPS) is 13.4. The maximum atomic E-state index is 12.8. The average molecular weight is 357 g/mol. The monoisotopic (exact) mass is 357 g/mol. The standard InChI is InChI=1S/C17H19N5O4/c1-21-13-5-4-11(3-2-7-20-17(18)19)9-12(13)16(26)22(10-14(21)23)8-6-15(24)25/h4-5,9H,6-8,10H2,1H3,(H,24,25)(H4,18,19,20). The Labute approximate surface area is 150 Å². The third kappa shape index (κ3) is 4.51. The molecule has 9 heteroatoms. The molecule has 0 spiro atoms. The first-order valence-electron chi connectivity index (χ1n) is 7.75. The van der Waals surface area contributed by atoms with Crippen LogP contribution in [0.5, 0.6) is 0 Å². The highest BCUT2D eigenvalue weighted by molar-refractivity contribution is 6.09. The van der Waals surface area contributed by atoms with Crippen molar-refractivity contribution in [3.05, 3.63) is 29.3 Å². The number of aliphatic carboxylic acids is 1. The van der Waals surface area contributed by atoms with Gasteiger partial charge in [-0.2, -0.15) is 0 Å². The highest BCUT2D eigenvalue weighted by Crippen LogP contribution is 2.25. The van der Waals surface area contributed by atoms with Crippen molar-refractivity contribution in [3.8, 4) is 11.8 Å². The van der Waals surface area contributed by atoms with Crippen LogP contribution in [0.25, 0.3) is 0 Å². The van der Waals surface area contributed by atoms with Crippen LogP contribution in [-0.2, 0) is 9.59 Å². The van der Waals surface area contributed by atoms with Gasteiger partial charge in [0.1, 0.15) is 13.1 Å². The fourth-order valence-corrected chi connectivity index (χ4v) is 2.41. The molecule has 0 atom stereocenters. The summed E-state index contributed by atoms with van der Waals surface area (Å²) in [5.74, 6) is 3.80. The largest absolute Gasteiger partial charge is 0.481 e. The number of nitrogens with two attached hydrogens (primary N) is 2. The third-order valence-corrected chi connectivity index (χ3v) is 3.74. The van der Waals surface area contributed by atoms with E-state index in [-0.39, 0.29) is 43.5 Å². The van der Waals surface area contributed by atoms with Gasteiger partial charge >= 0.3 is 5.97 Å². The van der Waals surface area contributed by atoms with E-state index in [4.69, 9.17) is 16.6 Å². The van der Waals surface area contributed by atoms with Crippen molar-refractivity contribution in [2.75, 3.05) is 31.6 Å². The summed E-state index contributed by atoms with van der Waals surface area (Å²) < 4.78 is 0. The zero-order valence-corrected chi connectivity index (χ0v) is 14.2. The molecule has 1 heterocycles. The van der Waals surface area contributed by atoms with Gasteiger partial charge in [-0.3, -0.25) is 14.4 Å². The number of carbonyl (C=O) groups is 3. The van der Waals surface area contributed by atoms with Gasteiger partial charge in [-0.25, -0.2) is 4.99 Å². The van der Waals surface area contributed by atoms with E-state index in [0.29, 0.717) is 11.3 Å². The average Bonchev–Trinajstić information content (AvgIpc) is 2.67. The van der Waals surface area contributed by atoms with Crippen LogP contribution in [0.2, 0.25) is 0 Å². The highest BCUT2D eigenvalue weighted by atomic mass is 16.4. The number of benzene rings is 1. The van der Waals surface area contributed by atoms with Crippen LogP contribution in [0, 0.1) is 11.8 Å². The van der Waals surface area contributed by atoms with E-state index in [0.717, 1.165) is 0 Å². The molecule has 2 rings (SSSR count). The van der Waals surface area contributed by atoms with E-state index in [1.165, 1.54) is 9.80 Å². The minimum atomic E-state index is -1.04. The second-order valence-electron chi connectivity index (χ2n) is 5.60. The minimum Gasteiger partial charge on any atom is -0.481 e. The Bertz CT molecular complexity index is 833. The lowest BCUT2D eigenvalue weighted by atomic mass is 10.1. The number of rotatable bonds is 4. The second kappa shape index (κ2) is 8.02. The lowest BCUT2D eigenvalue weighted by molar-refractivity contribution is -0.137. The van der Waals surface area contributed by atoms with Gasteiger partial charge in [-0.15, -0.1) is 0 Å². The van der Waals surface area contributed by atoms with E-state index >= 15 is 0 Å². The van der Waals surface area contributed by atoms with Crippen LogP contribution < -0.4 is 16.4 Å². The number of carboxylic acids is 1. The number of amides is 2. The van der Waals surface area contributed by atoms with E-state index in [1.54, 1.807) is 25.2 Å². The molecule has 0 bridgehead atoms. The molecule has 2 amide bonds. The molecule has 0 radical (unpaired) electrons. The van der Waals surface area contributed by atoms with E-state index < -0.39 is 11.9 Å². The summed E-state index contributed by atoms with van der Waals surface area (Å²) in [5, 5.41) is 8.84.